The molecule has 3 rings (SSSR count). The number of aryl methyl sites for hydroxylation is 1. The average molecular weight is 303 g/mol. The van der Waals surface area contributed by atoms with Gasteiger partial charge in [0.2, 0.25) is 5.91 Å². The Hall–Kier alpha value is -3.06. The number of anilines is 1. The van der Waals surface area contributed by atoms with Crippen LogP contribution in [0.25, 0.3) is 10.9 Å². The van der Waals surface area contributed by atoms with Crippen LogP contribution in [0.5, 0.6) is 0 Å². The molecule has 114 valence electrons. The molecule has 0 radical (unpaired) electrons. The normalized spacial score (nSPS) is 10.5. The summed E-state index contributed by atoms with van der Waals surface area (Å²) >= 11 is 0. The monoisotopic (exact) mass is 303 g/mol. The Morgan fingerprint density at radius 1 is 1.22 bits per heavy atom. The zero-order valence-electron chi connectivity index (χ0n) is 13.1. The molecular weight excluding hydrogens is 286 g/mol. The number of fused-ring (bicyclic) bond motifs is 1. The number of rotatable bonds is 3. The van der Waals surface area contributed by atoms with Crippen molar-refractivity contribution in [2.45, 2.75) is 13.3 Å². The third-order valence-corrected chi connectivity index (χ3v) is 4.14. The lowest BCUT2D eigenvalue weighted by atomic mass is 10.1. The predicted octanol–water partition coefficient (Wildman–Crippen LogP) is 3.54. The van der Waals surface area contributed by atoms with Gasteiger partial charge >= 0.3 is 0 Å². The lowest BCUT2D eigenvalue weighted by molar-refractivity contribution is -0.115. The van der Waals surface area contributed by atoms with Gasteiger partial charge in [-0.25, -0.2) is 0 Å². The lowest BCUT2D eigenvalue weighted by Crippen LogP contribution is -2.15. The molecule has 0 bridgehead atoms. The number of amides is 1. The van der Waals surface area contributed by atoms with Gasteiger partial charge in [0, 0.05) is 29.3 Å². The van der Waals surface area contributed by atoms with Crippen molar-refractivity contribution >= 4 is 22.5 Å². The summed E-state index contributed by atoms with van der Waals surface area (Å²) in [5.74, 6) is -0.0838. The first-order valence-corrected chi connectivity index (χ1v) is 7.43. The summed E-state index contributed by atoms with van der Waals surface area (Å²) in [7, 11) is 2.01. The quantitative estimate of drug-likeness (QED) is 0.804. The van der Waals surface area contributed by atoms with Crippen LogP contribution in [0.4, 0.5) is 5.69 Å². The molecule has 0 fully saturated rings. The zero-order valence-corrected chi connectivity index (χ0v) is 13.1. The number of nitriles is 1. The van der Waals surface area contributed by atoms with Crippen LogP contribution in [-0.2, 0) is 18.3 Å². The van der Waals surface area contributed by atoms with Crippen molar-refractivity contribution in [3.8, 4) is 6.07 Å². The Balaban J connectivity index is 1.86. The van der Waals surface area contributed by atoms with Crippen LogP contribution in [-0.4, -0.2) is 10.5 Å². The molecule has 1 N–H and O–H groups in total. The van der Waals surface area contributed by atoms with Gasteiger partial charge in [0.15, 0.2) is 0 Å². The van der Waals surface area contributed by atoms with Gasteiger partial charge in [-0.2, -0.15) is 5.26 Å². The number of aromatic nitrogens is 1. The molecule has 0 spiro atoms. The molecule has 3 aromatic rings. The molecule has 0 aliphatic rings. The maximum Gasteiger partial charge on any atom is 0.228 e. The second-order valence-corrected chi connectivity index (χ2v) is 5.56. The Kier molecular flexibility index (Phi) is 3.86. The van der Waals surface area contributed by atoms with E-state index < -0.39 is 0 Å². The van der Waals surface area contributed by atoms with Gasteiger partial charge in [-0.1, -0.05) is 24.3 Å². The maximum atomic E-state index is 12.4. The number of carbonyl (C=O) groups excluding carboxylic acids is 1. The van der Waals surface area contributed by atoms with E-state index in [-0.39, 0.29) is 5.91 Å². The summed E-state index contributed by atoms with van der Waals surface area (Å²) in [6.07, 6.45) is 0.309. The number of benzene rings is 2. The third-order valence-electron chi connectivity index (χ3n) is 4.14. The van der Waals surface area contributed by atoms with Crippen molar-refractivity contribution in [3.63, 3.8) is 0 Å². The summed E-state index contributed by atoms with van der Waals surface area (Å²) in [4.78, 5) is 12.4. The van der Waals surface area contributed by atoms with Gasteiger partial charge in [-0.3, -0.25) is 4.79 Å². The summed E-state index contributed by atoms with van der Waals surface area (Å²) in [6, 6.07) is 17.1. The molecule has 0 atom stereocenters. The van der Waals surface area contributed by atoms with Gasteiger partial charge < -0.3 is 9.88 Å². The van der Waals surface area contributed by atoms with Crippen LogP contribution in [0.2, 0.25) is 0 Å². The van der Waals surface area contributed by atoms with E-state index >= 15 is 0 Å². The highest BCUT2D eigenvalue weighted by molar-refractivity contribution is 5.96. The van der Waals surface area contributed by atoms with Crippen molar-refractivity contribution < 1.29 is 4.79 Å². The fourth-order valence-electron chi connectivity index (χ4n) is 2.85. The molecule has 4 heteroatoms. The van der Waals surface area contributed by atoms with Crippen LogP contribution in [0.1, 0.15) is 16.8 Å². The highest BCUT2D eigenvalue weighted by atomic mass is 16.1. The van der Waals surface area contributed by atoms with Crippen molar-refractivity contribution in [1.82, 2.24) is 4.57 Å². The third kappa shape index (κ3) is 2.82. The SMILES string of the molecule is Cc1c(CC(=O)Nc2cccc(C#N)c2)c2ccccc2n1C. The zero-order chi connectivity index (χ0) is 16.4. The largest absolute Gasteiger partial charge is 0.348 e. The molecule has 1 heterocycles. The highest BCUT2D eigenvalue weighted by Crippen LogP contribution is 2.25. The number of hydrogen-bond donors (Lipinski definition) is 1. The van der Waals surface area contributed by atoms with Gasteiger partial charge in [0.1, 0.15) is 0 Å². The molecule has 23 heavy (non-hydrogen) atoms. The molecule has 0 aliphatic heterocycles. The smallest absolute Gasteiger partial charge is 0.228 e. The van der Waals surface area contributed by atoms with E-state index in [0.717, 1.165) is 22.2 Å². The second kappa shape index (κ2) is 5.98. The Morgan fingerprint density at radius 2 is 2.00 bits per heavy atom. The Morgan fingerprint density at radius 3 is 2.78 bits per heavy atom. The first-order valence-electron chi connectivity index (χ1n) is 7.43. The fourth-order valence-corrected chi connectivity index (χ4v) is 2.85. The minimum atomic E-state index is -0.0838. The standard InChI is InChI=1S/C19H17N3O/c1-13-17(16-8-3-4-9-18(16)22(13)2)11-19(23)21-15-7-5-6-14(10-15)12-20/h3-10H,11H2,1-2H3,(H,21,23). The number of nitrogens with one attached hydrogen (secondary N) is 1. The number of para-hydroxylation sites is 1. The first-order chi connectivity index (χ1) is 11.1. The van der Waals surface area contributed by atoms with E-state index in [2.05, 4.69) is 22.0 Å². The van der Waals surface area contributed by atoms with Gasteiger partial charge in [-0.15, -0.1) is 0 Å². The van der Waals surface area contributed by atoms with Crippen LogP contribution in [0.3, 0.4) is 0 Å². The van der Waals surface area contributed by atoms with Crippen LogP contribution in [0, 0.1) is 18.3 Å². The number of nitrogens with zero attached hydrogens (tertiary/aromatic N) is 2. The summed E-state index contributed by atoms with van der Waals surface area (Å²) in [5.41, 5.74) is 4.43. The van der Waals surface area contributed by atoms with E-state index in [1.54, 1.807) is 24.3 Å². The van der Waals surface area contributed by atoms with Gasteiger partial charge in [0.25, 0.3) is 0 Å². The molecule has 1 amide bonds. The van der Waals surface area contributed by atoms with E-state index in [9.17, 15) is 4.79 Å². The van der Waals surface area contributed by atoms with Crippen molar-refractivity contribution in [1.29, 1.82) is 5.26 Å². The van der Waals surface area contributed by atoms with Crippen molar-refractivity contribution in [3.05, 3.63) is 65.4 Å². The van der Waals surface area contributed by atoms with Crippen LogP contribution < -0.4 is 5.32 Å². The van der Waals surface area contributed by atoms with Crippen molar-refractivity contribution in [2.24, 2.45) is 7.05 Å². The molecule has 0 saturated carbocycles. The first kappa shape index (κ1) is 14.9. The molecule has 0 aliphatic carbocycles. The molecule has 4 nitrogen and oxygen atoms in total. The van der Waals surface area contributed by atoms with E-state index in [0.29, 0.717) is 17.7 Å². The molecule has 2 aromatic carbocycles. The maximum absolute atomic E-state index is 12.4. The fraction of sp³-hybridized carbons (Fsp3) is 0.158. The summed E-state index contributed by atoms with van der Waals surface area (Å²) in [6.45, 7) is 2.03. The number of hydrogen-bond acceptors (Lipinski definition) is 2. The Bertz CT molecular complexity index is 931. The summed E-state index contributed by atoms with van der Waals surface area (Å²) in [5, 5.41) is 12.9. The Labute approximate surface area is 135 Å². The topological polar surface area (TPSA) is 57.8 Å². The lowest BCUT2D eigenvalue weighted by Gasteiger charge is -2.06. The van der Waals surface area contributed by atoms with Gasteiger partial charge in [-0.05, 0) is 36.8 Å². The van der Waals surface area contributed by atoms with E-state index in [4.69, 9.17) is 5.26 Å². The second-order valence-electron chi connectivity index (χ2n) is 5.56. The minimum Gasteiger partial charge on any atom is -0.348 e. The number of carbonyl (C=O) groups is 1. The van der Waals surface area contributed by atoms with Gasteiger partial charge in [0.05, 0.1) is 18.1 Å². The molecular formula is C19H17N3O. The van der Waals surface area contributed by atoms with E-state index in [1.807, 2.05) is 32.2 Å². The summed E-state index contributed by atoms with van der Waals surface area (Å²) < 4.78 is 2.11. The molecule has 1 aromatic heterocycles. The van der Waals surface area contributed by atoms with Crippen molar-refractivity contribution in [2.75, 3.05) is 5.32 Å². The van der Waals surface area contributed by atoms with Crippen LogP contribution >= 0.6 is 0 Å². The minimum absolute atomic E-state index is 0.0838. The molecule has 0 saturated heterocycles. The highest BCUT2D eigenvalue weighted by Gasteiger charge is 2.14. The van der Waals surface area contributed by atoms with Crippen LogP contribution in [0.15, 0.2) is 48.5 Å². The predicted molar refractivity (Wildman–Crippen MR) is 91.1 cm³/mol. The van der Waals surface area contributed by atoms with E-state index in [1.165, 1.54) is 0 Å². The molecule has 0 unspecified atom stereocenters. The average Bonchev–Trinajstić information content (AvgIpc) is 2.80.